The van der Waals surface area contributed by atoms with Gasteiger partial charge in [-0.3, -0.25) is 4.79 Å². The number of carbonyl (C=O) groups is 1. The molecular formula is C16H21F2NO3S. The van der Waals surface area contributed by atoms with Crippen LogP contribution < -0.4 is 5.32 Å². The molecule has 0 heterocycles. The third-order valence-electron chi connectivity index (χ3n) is 4.23. The Morgan fingerprint density at radius 3 is 2.57 bits per heavy atom. The predicted molar refractivity (Wildman–Crippen MR) is 83.6 cm³/mol. The van der Waals surface area contributed by atoms with E-state index in [1.165, 1.54) is 6.07 Å². The fraction of sp³-hybridized carbons (Fsp3) is 0.562. The van der Waals surface area contributed by atoms with E-state index < -0.39 is 33.4 Å². The van der Waals surface area contributed by atoms with Gasteiger partial charge < -0.3 is 5.32 Å². The van der Waals surface area contributed by atoms with Crippen LogP contribution in [0.25, 0.3) is 0 Å². The molecule has 0 radical (unpaired) electrons. The van der Waals surface area contributed by atoms with Gasteiger partial charge in [-0.1, -0.05) is 18.9 Å². The smallest absolute Gasteiger partial charge is 0.221 e. The van der Waals surface area contributed by atoms with E-state index in [0.29, 0.717) is 12.8 Å². The topological polar surface area (TPSA) is 63.2 Å². The lowest BCUT2D eigenvalue weighted by Gasteiger charge is -2.16. The maximum absolute atomic E-state index is 13.6. The Labute approximate surface area is 135 Å². The van der Waals surface area contributed by atoms with Gasteiger partial charge in [0.05, 0.1) is 17.0 Å². The molecule has 1 fully saturated rings. The van der Waals surface area contributed by atoms with Crippen molar-refractivity contribution in [2.75, 3.05) is 5.75 Å². The minimum absolute atomic E-state index is 0.147. The number of carbonyl (C=O) groups excluding carboxylic acids is 1. The molecule has 7 heteroatoms. The van der Waals surface area contributed by atoms with Gasteiger partial charge in [-0.25, -0.2) is 17.2 Å². The maximum atomic E-state index is 13.6. The number of sulfone groups is 1. The number of amides is 1. The lowest BCUT2D eigenvalue weighted by molar-refractivity contribution is -0.121. The summed E-state index contributed by atoms with van der Waals surface area (Å²) < 4.78 is 50.7. The van der Waals surface area contributed by atoms with Crippen molar-refractivity contribution in [1.82, 2.24) is 5.32 Å². The second-order valence-electron chi connectivity index (χ2n) is 5.98. The van der Waals surface area contributed by atoms with Crippen molar-refractivity contribution >= 4 is 15.7 Å². The SMILES string of the molecule is C[C@@H](NC(=O)CCS(=O)(=O)C1CCCC1)c1ccc(F)cc1F. The van der Waals surface area contributed by atoms with Crippen molar-refractivity contribution in [1.29, 1.82) is 0 Å². The van der Waals surface area contributed by atoms with Gasteiger partial charge in [-0.05, 0) is 25.8 Å². The summed E-state index contributed by atoms with van der Waals surface area (Å²) in [6.45, 7) is 1.57. The minimum Gasteiger partial charge on any atom is -0.349 e. The highest BCUT2D eigenvalue weighted by Gasteiger charge is 2.29. The largest absolute Gasteiger partial charge is 0.349 e. The molecule has 1 N–H and O–H groups in total. The standard InChI is InChI=1S/C16H21F2NO3S/c1-11(14-7-6-12(17)10-15(14)18)19-16(20)8-9-23(21,22)13-4-2-3-5-13/h6-7,10-11,13H,2-5,8-9H2,1H3,(H,19,20)/t11-/m1/s1. The molecule has 1 aliphatic rings. The first-order valence-corrected chi connectivity index (χ1v) is 9.47. The van der Waals surface area contributed by atoms with E-state index in [0.717, 1.165) is 25.0 Å². The van der Waals surface area contributed by atoms with Gasteiger partial charge in [0.15, 0.2) is 9.84 Å². The Morgan fingerprint density at radius 2 is 1.96 bits per heavy atom. The van der Waals surface area contributed by atoms with Crippen molar-refractivity contribution in [3.05, 3.63) is 35.4 Å². The van der Waals surface area contributed by atoms with Crippen LogP contribution in [0, 0.1) is 11.6 Å². The molecule has 0 unspecified atom stereocenters. The first kappa shape index (κ1) is 17.8. The van der Waals surface area contributed by atoms with E-state index in [-0.39, 0.29) is 23.0 Å². The summed E-state index contributed by atoms with van der Waals surface area (Å²) in [5.74, 6) is -2.08. The molecule has 0 bridgehead atoms. The van der Waals surface area contributed by atoms with Crippen molar-refractivity contribution < 1.29 is 22.0 Å². The Bertz CT molecular complexity index is 670. The van der Waals surface area contributed by atoms with Crippen LogP contribution in [0.5, 0.6) is 0 Å². The van der Waals surface area contributed by atoms with Crippen LogP contribution >= 0.6 is 0 Å². The highest BCUT2D eigenvalue weighted by Crippen LogP contribution is 2.25. The summed E-state index contributed by atoms with van der Waals surface area (Å²) in [5, 5.41) is 2.22. The van der Waals surface area contributed by atoms with Gasteiger partial charge in [0.2, 0.25) is 5.91 Å². The number of rotatable bonds is 6. The second kappa shape index (κ2) is 7.38. The van der Waals surface area contributed by atoms with Crippen molar-refractivity contribution in [2.45, 2.75) is 50.3 Å². The summed E-state index contributed by atoms with van der Waals surface area (Å²) >= 11 is 0. The summed E-state index contributed by atoms with van der Waals surface area (Å²) in [4.78, 5) is 11.9. The molecule has 23 heavy (non-hydrogen) atoms. The van der Waals surface area contributed by atoms with Crippen LogP contribution in [0.4, 0.5) is 8.78 Å². The second-order valence-corrected chi connectivity index (χ2v) is 8.38. The van der Waals surface area contributed by atoms with Crippen molar-refractivity contribution in [2.24, 2.45) is 0 Å². The predicted octanol–water partition coefficient (Wildman–Crippen LogP) is 2.89. The van der Waals surface area contributed by atoms with E-state index in [4.69, 9.17) is 0 Å². The van der Waals surface area contributed by atoms with Gasteiger partial charge in [0, 0.05) is 18.1 Å². The number of halogens is 2. The van der Waals surface area contributed by atoms with E-state index in [9.17, 15) is 22.0 Å². The molecule has 1 aromatic rings. The third kappa shape index (κ3) is 4.73. The molecule has 0 saturated heterocycles. The van der Waals surface area contributed by atoms with E-state index >= 15 is 0 Å². The van der Waals surface area contributed by atoms with Crippen LogP contribution in [-0.2, 0) is 14.6 Å². The molecule has 1 amide bonds. The third-order valence-corrected chi connectivity index (χ3v) is 6.49. The van der Waals surface area contributed by atoms with Gasteiger partial charge in [-0.2, -0.15) is 0 Å². The number of benzene rings is 1. The van der Waals surface area contributed by atoms with Crippen molar-refractivity contribution in [3.63, 3.8) is 0 Å². The molecule has 2 rings (SSSR count). The lowest BCUT2D eigenvalue weighted by Crippen LogP contribution is -2.30. The molecule has 0 aliphatic heterocycles. The summed E-state index contributed by atoms with van der Waals surface area (Å²) in [6, 6.07) is 2.48. The molecule has 1 aromatic carbocycles. The van der Waals surface area contributed by atoms with E-state index in [2.05, 4.69) is 5.32 Å². The van der Waals surface area contributed by atoms with Crippen LogP contribution in [0.3, 0.4) is 0 Å². The monoisotopic (exact) mass is 345 g/mol. The molecular weight excluding hydrogens is 324 g/mol. The highest BCUT2D eigenvalue weighted by atomic mass is 32.2. The first-order valence-electron chi connectivity index (χ1n) is 7.75. The lowest BCUT2D eigenvalue weighted by atomic mass is 10.1. The number of hydrogen-bond donors (Lipinski definition) is 1. The molecule has 128 valence electrons. The Kier molecular flexibility index (Phi) is 5.73. The van der Waals surface area contributed by atoms with Crippen LogP contribution in [0.15, 0.2) is 18.2 Å². The van der Waals surface area contributed by atoms with Crippen LogP contribution in [-0.4, -0.2) is 25.3 Å². The Balaban J connectivity index is 1.89. The average molecular weight is 345 g/mol. The fourth-order valence-electron chi connectivity index (χ4n) is 2.89. The first-order chi connectivity index (χ1) is 10.8. The zero-order valence-electron chi connectivity index (χ0n) is 13.0. The number of hydrogen-bond acceptors (Lipinski definition) is 3. The van der Waals surface area contributed by atoms with E-state index in [1.807, 2.05) is 0 Å². The van der Waals surface area contributed by atoms with Gasteiger partial charge in [0.25, 0.3) is 0 Å². The molecule has 0 aromatic heterocycles. The quantitative estimate of drug-likeness (QED) is 0.862. The van der Waals surface area contributed by atoms with Crippen LogP contribution in [0.1, 0.15) is 50.6 Å². The molecule has 1 saturated carbocycles. The van der Waals surface area contributed by atoms with Gasteiger partial charge in [0.1, 0.15) is 11.6 Å². The summed E-state index contributed by atoms with van der Waals surface area (Å²) in [6.07, 6.45) is 3.02. The van der Waals surface area contributed by atoms with Gasteiger partial charge >= 0.3 is 0 Å². The Hall–Kier alpha value is -1.50. The normalized spacial score (nSPS) is 17.2. The van der Waals surface area contributed by atoms with Gasteiger partial charge in [-0.15, -0.1) is 0 Å². The fourth-order valence-corrected chi connectivity index (χ4v) is 4.75. The molecule has 1 atom stereocenters. The molecule has 1 aliphatic carbocycles. The molecule has 4 nitrogen and oxygen atoms in total. The van der Waals surface area contributed by atoms with E-state index in [1.54, 1.807) is 6.92 Å². The minimum atomic E-state index is -3.25. The van der Waals surface area contributed by atoms with Crippen LogP contribution in [0.2, 0.25) is 0 Å². The highest BCUT2D eigenvalue weighted by molar-refractivity contribution is 7.92. The summed E-state index contributed by atoms with van der Waals surface area (Å²) in [5.41, 5.74) is 0.165. The Morgan fingerprint density at radius 1 is 1.30 bits per heavy atom. The van der Waals surface area contributed by atoms with Crippen molar-refractivity contribution in [3.8, 4) is 0 Å². The number of nitrogens with one attached hydrogen (secondary N) is 1. The summed E-state index contributed by atoms with van der Waals surface area (Å²) in [7, 11) is -3.25. The molecule has 0 spiro atoms. The maximum Gasteiger partial charge on any atom is 0.221 e. The zero-order valence-corrected chi connectivity index (χ0v) is 13.8. The average Bonchev–Trinajstić information content (AvgIpc) is 3.00. The zero-order chi connectivity index (χ0) is 17.0.